The molecule has 2 aromatic rings. The number of aromatic amines is 1. The van der Waals surface area contributed by atoms with Crippen LogP contribution in [0.4, 0.5) is 0 Å². The molecule has 1 aliphatic carbocycles. The smallest absolute Gasteiger partial charge is 0.123 e. The van der Waals surface area contributed by atoms with E-state index >= 15 is 0 Å². The number of hydrogen-bond acceptors (Lipinski definition) is 2. The van der Waals surface area contributed by atoms with Crippen LogP contribution in [0.5, 0.6) is 0 Å². The Bertz CT molecular complexity index is 621. The molecular weight excluding hydrogens is 212 g/mol. The van der Waals surface area contributed by atoms with Gasteiger partial charge in [0.2, 0.25) is 0 Å². The van der Waals surface area contributed by atoms with E-state index in [-0.39, 0.29) is 5.92 Å². The van der Waals surface area contributed by atoms with Crippen molar-refractivity contribution >= 4 is 17.2 Å². The molecule has 1 aromatic carbocycles. The number of nitrogens with one attached hydrogen (secondary N) is 1. The van der Waals surface area contributed by atoms with Crippen molar-refractivity contribution in [2.45, 2.75) is 12.8 Å². The number of aromatic nitrogens is 1. The van der Waals surface area contributed by atoms with Crippen LogP contribution >= 0.6 is 0 Å². The molecule has 0 radical (unpaired) electrons. The van der Waals surface area contributed by atoms with Gasteiger partial charge in [0.05, 0.1) is 5.56 Å². The highest BCUT2D eigenvalue weighted by Gasteiger charge is 2.36. The lowest BCUT2D eigenvalue weighted by molar-refractivity contribution is -0.109. The van der Waals surface area contributed by atoms with Crippen molar-refractivity contribution < 1.29 is 4.79 Å². The van der Waals surface area contributed by atoms with Gasteiger partial charge in [-0.3, -0.25) is 0 Å². The Morgan fingerprint density at radius 2 is 2.41 bits per heavy atom. The summed E-state index contributed by atoms with van der Waals surface area (Å²) in [5.74, 6) is 0.766. The minimum absolute atomic E-state index is 0.257. The van der Waals surface area contributed by atoms with Gasteiger partial charge in [0.1, 0.15) is 12.4 Å². The first-order chi connectivity index (χ1) is 8.31. The molecule has 84 valence electrons. The van der Waals surface area contributed by atoms with Crippen LogP contribution in [0.2, 0.25) is 0 Å². The quantitative estimate of drug-likeness (QED) is 0.814. The summed E-state index contributed by atoms with van der Waals surface area (Å²) < 4.78 is 0. The molecule has 3 nitrogen and oxygen atoms in total. The molecule has 0 saturated heterocycles. The third-order valence-electron chi connectivity index (χ3n) is 3.52. The van der Waals surface area contributed by atoms with Crippen molar-refractivity contribution in [1.82, 2.24) is 4.98 Å². The zero-order chi connectivity index (χ0) is 11.8. The molecule has 1 aliphatic rings. The number of nitriles is 1. The molecule has 0 spiro atoms. The highest BCUT2D eigenvalue weighted by atomic mass is 16.1. The van der Waals surface area contributed by atoms with E-state index in [1.807, 2.05) is 6.07 Å². The fourth-order valence-electron chi connectivity index (χ4n) is 2.36. The van der Waals surface area contributed by atoms with Gasteiger partial charge in [-0.25, -0.2) is 0 Å². The monoisotopic (exact) mass is 224 g/mol. The van der Waals surface area contributed by atoms with E-state index < -0.39 is 0 Å². The van der Waals surface area contributed by atoms with Gasteiger partial charge in [-0.05, 0) is 36.5 Å². The fourth-order valence-corrected chi connectivity index (χ4v) is 2.36. The molecule has 1 N–H and O–H groups in total. The number of aldehydes is 1. The van der Waals surface area contributed by atoms with Gasteiger partial charge >= 0.3 is 0 Å². The van der Waals surface area contributed by atoms with Crippen molar-refractivity contribution in [1.29, 1.82) is 5.26 Å². The summed E-state index contributed by atoms with van der Waals surface area (Å²) in [7, 11) is 0. The van der Waals surface area contributed by atoms with Crippen molar-refractivity contribution in [2.24, 2.45) is 11.8 Å². The summed E-state index contributed by atoms with van der Waals surface area (Å²) in [4.78, 5) is 13.7. The Labute approximate surface area is 99.1 Å². The number of rotatable bonds is 3. The number of fused-ring (bicyclic) bond motifs is 1. The second kappa shape index (κ2) is 3.74. The molecule has 1 aromatic heterocycles. The number of hydrogen-bond donors (Lipinski definition) is 1. The minimum atomic E-state index is 0.257. The maximum atomic E-state index is 10.6. The molecule has 1 heterocycles. The highest BCUT2D eigenvalue weighted by molar-refractivity contribution is 5.86. The van der Waals surface area contributed by atoms with Crippen molar-refractivity contribution in [2.75, 3.05) is 0 Å². The topological polar surface area (TPSA) is 56.6 Å². The molecule has 3 heteroatoms. The summed E-state index contributed by atoms with van der Waals surface area (Å²) in [6.07, 6.45) is 4.75. The SMILES string of the molecule is N#Cc1c[nH]c2ccc(CC3CC3C=O)cc12. The first-order valence-corrected chi connectivity index (χ1v) is 5.77. The summed E-state index contributed by atoms with van der Waals surface area (Å²) in [5, 5.41) is 9.95. The standard InChI is InChI=1S/C14H12N2O/c15-6-12-7-16-14-2-1-9(4-13(12)14)3-10-5-11(10)8-17/h1-2,4,7-8,10-11,16H,3,5H2. The summed E-state index contributed by atoms with van der Waals surface area (Å²) in [6.45, 7) is 0. The number of nitrogens with zero attached hydrogens (tertiary/aromatic N) is 1. The predicted octanol–water partition coefficient (Wildman–Crippen LogP) is 2.42. The van der Waals surface area contributed by atoms with Crippen LogP contribution in [0.1, 0.15) is 17.5 Å². The summed E-state index contributed by atoms with van der Waals surface area (Å²) >= 11 is 0. The number of H-pyrrole nitrogens is 1. The second-order valence-electron chi connectivity index (χ2n) is 4.69. The first-order valence-electron chi connectivity index (χ1n) is 5.77. The largest absolute Gasteiger partial charge is 0.360 e. The lowest BCUT2D eigenvalue weighted by Gasteiger charge is -2.00. The number of carbonyl (C=O) groups excluding carboxylic acids is 1. The van der Waals surface area contributed by atoms with E-state index in [9.17, 15) is 4.79 Å². The Balaban J connectivity index is 1.91. The molecule has 1 fully saturated rings. The third kappa shape index (κ3) is 1.72. The molecule has 0 amide bonds. The van der Waals surface area contributed by atoms with E-state index in [4.69, 9.17) is 5.26 Å². The molecular formula is C14H12N2O. The van der Waals surface area contributed by atoms with Crippen molar-refractivity contribution in [3.05, 3.63) is 35.5 Å². The van der Waals surface area contributed by atoms with E-state index in [0.717, 1.165) is 30.0 Å². The van der Waals surface area contributed by atoms with Crippen molar-refractivity contribution in [3.8, 4) is 6.07 Å². The van der Waals surface area contributed by atoms with Gasteiger partial charge in [-0.1, -0.05) is 6.07 Å². The number of carbonyl (C=O) groups is 1. The van der Waals surface area contributed by atoms with E-state index in [0.29, 0.717) is 11.5 Å². The van der Waals surface area contributed by atoms with Crippen LogP contribution in [-0.4, -0.2) is 11.3 Å². The Hall–Kier alpha value is -2.08. The van der Waals surface area contributed by atoms with Gasteiger partial charge in [-0.15, -0.1) is 0 Å². The molecule has 0 aliphatic heterocycles. The van der Waals surface area contributed by atoms with Crippen LogP contribution in [0, 0.1) is 23.2 Å². The average Bonchev–Trinajstić information content (AvgIpc) is 2.98. The number of benzene rings is 1. The highest BCUT2D eigenvalue weighted by Crippen LogP contribution is 2.39. The summed E-state index contributed by atoms with van der Waals surface area (Å²) in [5.41, 5.74) is 2.89. The molecule has 17 heavy (non-hydrogen) atoms. The molecule has 0 bridgehead atoms. The van der Waals surface area contributed by atoms with Gasteiger partial charge in [0, 0.05) is 23.0 Å². The molecule has 2 atom stereocenters. The maximum Gasteiger partial charge on any atom is 0.123 e. The Morgan fingerprint density at radius 3 is 3.12 bits per heavy atom. The van der Waals surface area contributed by atoms with Crippen LogP contribution in [0.25, 0.3) is 10.9 Å². The lowest BCUT2D eigenvalue weighted by atomic mass is 10.0. The molecule has 3 rings (SSSR count). The van der Waals surface area contributed by atoms with Crippen LogP contribution < -0.4 is 0 Å². The summed E-state index contributed by atoms with van der Waals surface area (Å²) in [6, 6.07) is 8.31. The van der Waals surface area contributed by atoms with E-state index in [1.165, 1.54) is 5.56 Å². The lowest BCUT2D eigenvalue weighted by Crippen LogP contribution is -1.90. The van der Waals surface area contributed by atoms with Crippen LogP contribution in [0.3, 0.4) is 0 Å². The van der Waals surface area contributed by atoms with Crippen molar-refractivity contribution in [3.63, 3.8) is 0 Å². The fraction of sp³-hybridized carbons (Fsp3) is 0.286. The molecule has 1 saturated carbocycles. The van der Waals surface area contributed by atoms with E-state index in [1.54, 1.807) is 6.20 Å². The average molecular weight is 224 g/mol. The minimum Gasteiger partial charge on any atom is -0.360 e. The Morgan fingerprint density at radius 1 is 1.53 bits per heavy atom. The first kappa shape index (κ1) is 10.1. The Kier molecular flexibility index (Phi) is 2.22. The van der Waals surface area contributed by atoms with Crippen LogP contribution in [-0.2, 0) is 11.2 Å². The zero-order valence-electron chi connectivity index (χ0n) is 9.31. The second-order valence-corrected chi connectivity index (χ2v) is 4.69. The van der Waals surface area contributed by atoms with Gasteiger partial charge in [-0.2, -0.15) is 5.26 Å². The zero-order valence-corrected chi connectivity index (χ0v) is 9.31. The van der Waals surface area contributed by atoms with Gasteiger partial charge < -0.3 is 9.78 Å². The predicted molar refractivity (Wildman–Crippen MR) is 64.4 cm³/mol. The maximum absolute atomic E-state index is 10.6. The normalized spacial score (nSPS) is 22.3. The van der Waals surface area contributed by atoms with E-state index in [2.05, 4.69) is 23.2 Å². The third-order valence-corrected chi connectivity index (χ3v) is 3.52. The molecule has 2 unspecified atom stereocenters. The van der Waals surface area contributed by atoms with Crippen LogP contribution in [0.15, 0.2) is 24.4 Å². The van der Waals surface area contributed by atoms with Gasteiger partial charge in [0.25, 0.3) is 0 Å². The van der Waals surface area contributed by atoms with Gasteiger partial charge in [0.15, 0.2) is 0 Å².